The van der Waals surface area contributed by atoms with Crippen molar-refractivity contribution in [3.8, 4) is 6.07 Å². The van der Waals surface area contributed by atoms with Gasteiger partial charge >= 0.3 is 6.18 Å². The van der Waals surface area contributed by atoms with Gasteiger partial charge in [-0.05, 0) is 29.8 Å². The number of anilines is 1. The fourth-order valence-electron chi connectivity index (χ4n) is 3.70. The van der Waals surface area contributed by atoms with Crippen LogP contribution in [0.4, 0.5) is 18.9 Å². The molecule has 0 amide bonds. The summed E-state index contributed by atoms with van der Waals surface area (Å²) in [5.74, 6) is -2.48. The van der Waals surface area contributed by atoms with Gasteiger partial charge in [0.1, 0.15) is 6.07 Å². The molecule has 29 heavy (non-hydrogen) atoms. The Morgan fingerprint density at radius 2 is 1.76 bits per heavy atom. The topological polar surface area (TPSA) is 74.6 Å². The van der Waals surface area contributed by atoms with Crippen LogP contribution in [0.2, 0.25) is 5.02 Å². The second kappa shape index (κ2) is 7.01. The quantitative estimate of drug-likeness (QED) is 0.777. The fourth-order valence-corrected chi connectivity index (χ4v) is 3.82. The zero-order chi connectivity index (χ0) is 20.8. The molecule has 2 aliphatic rings. The lowest BCUT2D eigenvalue weighted by atomic mass is 9.76. The van der Waals surface area contributed by atoms with Crippen LogP contribution in [0, 0.1) is 17.2 Å². The van der Waals surface area contributed by atoms with E-state index in [2.05, 4.69) is 5.10 Å². The lowest BCUT2D eigenvalue weighted by molar-refractivity contribution is -0.0658. The number of hydrazone groups is 1. The summed E-state index contributed by atoms with van der Waals surface area (Å²) in [6.45, 7) is 0. The van der Waals surface area contributed by atoms with E-state index in [1.807, 2.05) is 6.07 Å². The Labute approximate surface area is 169 Å². The molecular formula is C20H14ClF3N4O. The molecule has 0 unspecified atom stereocenters. The van der Waals surface area contributed by atoms with Crippen LogP contribution in [-0.4, -0.2) is 18.1 Å². The maximum atomic E-state index is 13.9. The molecule has 0 saturated heterocycles. The van der Waals surface area contributed by atoms with E-state index < -0.39 is 30.0 Å². The van der Waals surface area contributed by atoms with Gasteiger partial charge in [-0.15, -0.1) is 0 Å². The molecule has 5 nitrogen and oxygen atoms in total. The van der Waals surface area contributed by atoms with E-state index >= 15 is 0 Å². The number of nitriles is 1. The number of allylic oxidation sites excluding steroid dienone is 1. The maximum Gasteiger partial charge on any atom is 0.431 e. The Morgan fingerprint density at radius 1 is 1.10 bits per heavy atom. The average Bonchev–Trinajstić information content (AvgIpc) is 3.08. The highest BCUT2D eigenvalue weighted by atomic mass is 35.5. The van der Waals surface area contributed by atoms with E-state index in [9.17, 15) is 18.4 Å². The van der Waals surface area contributed by atoms with Crippen LogP contribution in [0.3, 0.4) is 0 Å². The number of nitrogens with two attached hydrogens (primary N) is 1. The van der Waals surface area contributed by atoms with Crippen LogP contribution < -0.4 is 10.7 Å². The molecule has 0 radical (unpaired) electrons. The smallest absolute Gasteiger partial charge is 0.431 e. The normalized spacial score (nSPS) is 23.9. The molecule has 2 aliphatic heterocycles. The van der Waals surface area contributed by atoms with E-state index in [-0.39, 0.29) is 11.5 Å². The minimum Gasteiger partial charge on any atom is -0.452 e. The number of hydrogen-bond donors (Lipinski definition) is 1. The van der Waals surface area contributed by atoms with Gasteiger partial charge in [-0.3, -0.25) is 0 Å². The Balaban J connectivity index is 1.90. The van der Waals surface area contributed by atoms with Gasteiger partial charge in [0.25, 0.3) is 0 Å². The van der Waals surface area contributed by atoms with Crippen molar-refractivity contribution in [3.05, 3.63) is 76.6 Å². The molecule has 9 heteroatoms. The SMILES string of the molecule is N#CC1=C(N)O[C@@H]2[C@H](C(C(F)(F)F)=NN2c2ccccc2)[C@H]1c1ccc(Cl)cc1. The molecule has 0 bridgehead atoms. The molecular weight excluding hydrogens is 405 g/mol. The van der Waals surface area contributed by atoms with Crippen LogP contribution >= 0.6 is 11.6 Å². The van der Waals surface area contributed by atoms with Gasteiger partial charge in [-0.2, -0.15) is 23.5 Å². The van der Waals surface area contributed by atoms with Crippen molar-refractivity contribution in [2.45, 2.75) is 18.3 Å². The molecule has 2 aromatic carbocycles. The van der Waals surface area contributed by atoms with E-state index in [1.165, 1.54) is 0 Å². The highest BCUT2D eigenvalue weighted by Crippen LogP contribution is 2.48. The predicted molar refractivity (Wildman–Crippen MR) is 102 cm³/mol. The van der Waals surface area contributed by atoms with E-state index in [0.717, 1.165) is 5.01 Å². The Kier molecular flexibility index (Phi) is 4.63. The van der Waals surface area contributed by atoms with Gasteiger partial charge in [0.2, 0.25) is 12.1 Å². The summed E-state index contributed by atoms with van der Waals surface area (Å²) in [5.41, 5.74) is 5.75. The summed E-state index contributed by atoms with van der Waals surface area (Å²) in [7, 11) is 0. The second-order valence-electron chi connectivity index (χ2n) is 6.62. The van der Waals surface area contributed by atoms with Gasteiger partial charge in [0, 0.05) is 10.9 Å². The first-order valence-electron chi connectivity index (χ1n) is 8.63. The molecule has 0 fully saturated rings. The zero-order valence-electron chi connectivity index (χ0n) is 14.8. The van der Waals surface area contributed by atoms with E-state index in [1.54, 1.807) is 54.6 Å². The Hall–Kier alpha value is -3.18. The largest absolute Gasteiger partial charge is 0.452 e. The number of fused-ring (bicyclic) bond motifs is 1. The van der Waals surface area contributed by atoms with Crippen molar-refractivity contribution in [3.63, 3.8) is 0 Å². The molecule has 3 atom stereocenters. The van der Waals surface area contributed by atoms with Gasteiger partial charge in [-0.1, -0.05) is 41.9 Å². The number of nitrogens with zero attached hydrogens (tertiary/aromatic N) is 3. The number of benzene rings is 2. The first kappa shape index (κ1) is 19.2. The van der Waals surface area contributed by atoms with Crippen molar-refractivity contribution in [1.82, 2.24) is 0 Å². The summed E-state index contributed by atoms with van der Waals surface area (Å²) >= 11 is 5.93. The number of hydrogen-bond acceptors (Lipinski definition) is 5. The van der Waals surface area contributed by atoms with Gasteiger partial charge in [0.05, 0.1) is 17.2 Å². The molecule has 0 saturated carbocycles. The van der Waals surface area contributed by atoms with Gasteiger partial charge in [0.15, 0.2) is 5.71 Å². The molecule has 2 N–H and O–H groups in total. The van der Waals surface area contributed by atoms with Gasteiger partial charge in [-0.25, -0.2) is 5.01 Å². The first-order chi connectivity index (χ1) is 13.8. The van der Waals surface area contributed by atoms with Crippen molar-refractivity contribution in [1.29, 1.82) is 5.26 Å². The highest BCUT2D eigenvalue weighted by molar-refractivity contribution is 6.30. The van der Waals surface area contributed by atoms with Crippen LogP contribution in [-0.2, 0) is 4.74 Å². The molecule has 148 valence electrons. The Morgan fingerprint density at radius 3 is 2.34 bits per heavy atom. The average molecular weight is 419 g/mol. The standard InChI is InChI=1S/C20H14ClF3N4O/c21-12-8-6-11(7-9-12)15-14(10-25)18(26)29-19-16(15)17(20(22,23)24)27-28(19)13-4-2-1-3-5-13/h1-9,15-16,19H,26H2/t15-,16-,19+/m0/s1. The molecule has 0 spiro atoms. The Bertz CT molecular complexity index is 1030. The van der Waals surface area contributed by atoms with E-state index in [0.29, 0.717) is 16.3 Å². The molecule has 0 aromatic heterocycles. The number of halogens is 4. The molecule has 2 aromatic rings. The highest BCUT2D eigenvalue weighted by Gasteiger charge is 2.57. The lowest BCUT2D eigenvalue weighted by Crippen LogP contribution is -2.46. The fraction of sp³-hybridized carbons (Fsp3) is 0.200. The van der Waals surface area contributed by atoms with Crippen molar-refractivity contribution < 1.29 is 17.9 Å². The minimum atomic E-state index is -4.72. The zero-order valence-corrected chi connectivity index (χ0v) is 15.5. The summed E-state index contributed by atoms with van der Waals surface area (Å²) in [5, 5.41) is 15.1. The van der Waals surface area contributed by atoms with Crippen LogP contribution in [0.15, 0.2) is 71.2 Å². The maximum absolute atomic E-state index is 13.9. The first-order valence-corrected chi connectivity index (χ1v) is 9.01. The lowest BCUT2D eigenvalue weighted by Gasteiger charge is -2.37. The van der Waals surface area contributed by atoms with Crippen molar-refractivity contribution in [2.75, 3.05) is 5.01 Å². The van der Waals surface area contributed by atoms with Crippen molar-refractivity contribution in [2.24, 2.45) is 16.8 Å². The summed E-state index contributed by atoms with van der Waals surface area (Å²) in [4.78, 5) is 0. The minimum absolute atomic E-state index is 0.0690. The molecule has 4 rings (SSSR count). The summed E-state index contributed by atoms with van der Waals surface area (Å²) < 4.78 is 47.4. The van der Waals surface area contributed by atoms with Crippen LogP contribution in [0.25, 0.3) is 0 Å². The van der Waals surface area contributed by atoms with Gasteiger partial charge < -0.3 is 10.5 Å². The third kappa shape index (κ3) is 3.28. The monoisotopic (exact) mass is 418 g/mol. The van der Waals surface area contributed by atoms with Crippen LogP contribution in [0.5, 0.6) is 0 Å². The summed E-state index contributed by atoms with van der Waals surface area (Å²) in [6.07, 6.45) is -5.86. The molecule has 2 heterocycles. The number of rotatable bonds is 2. The third-order valence-electron chi connectivity index (χ3n) is 4.92. The second-order valence-corrected chi connectivity index (χ2v) is 7.05. The number of ether oxygens (including phenoxy) is 1. The predicted octanol–water partition coefficient (Wildman–Crippen LogP) is 4.53. The van der Waals surface area contributed by atoms with E-state index in [4.69, 9.17) is 22.1 Å². The summed E-state index contributed by atoms with van der Waals surface area (Å²) in [6, 6.07) is 16.6. The van der Waals surface area contributed by atoms with Crippen LogP contribution in [0.1, 0.15) is 11.5 Å². The number of para-hydroxylation sites is 1. The number of alkyl halides is 3. The van der Waals surface area contributed by atoms with Crippen molar-refractivity contribution >= 4 is 23.0 Å². The third-order valence-corrected chi connectivity index (χ3v) is 5.18. The molecule has 0 aliphatic carbocycles.